The molecule has 0 bridgehead atoms. The summed E-state index contributed by atoms with van der Waals surface area (Å²) in [5, 5.41) is 7.98. The first-order valence-electron chi connectivity index (χ1n) is 6.79. The third-order valence-electron chi connectivity index (χ3n) is 3.26. The number of aryl methyl sites for hydroxylation is 1. The number of hydrogen-bond donors (Lipinski definition) is 1. The van der Waals surface area contributed by atoms with Crippen molar-refractivity contribution in [3.63, 3.8) is 0 Å². The van der Waals surface area contributed by atoms with Gasteiger partial charge in [0.25, 0.3) is 0 Å². The Morgan fingerprint density at radius 1 is 1.30 bits per heavy atom. The van der Waals surface area contributed by atoms with E-state index in [0.29, 0.717) is 0 Å². The lowest BCUT2D eigenvalue weighted by atomic mass is 10.0. The lowest BCUT2D eigenvalue weighted by molar-refractivity contribution is 0.540. The Labute approximate surface area is 133 Å². The van der Waals surface area contributed by atoms with Crippen molar-refractivity contribution in [2.45, 2.75) is 31.3 Å². The van der Waals surface area contributed by atoms with Gasteiger partial charge in [0.05, 0.1) is 22.4 Å². The Kier molecular flexibility index (Phi) is 5.69. The smallest absolute Gasteiger partial charge is 0.0759 e. The van der Waals surface area contributed by atoms with Crippen LogP contribution in [0.1, 0.15) is 31.1 Å². The zero-order valence-corrected chi connectivity index (χ0v) is 14.5. The number of nitrogens with zero attached hydrogens (tertiary/aromatic N) is 2. The van der Waals surface area contributed by atoms with Crippen molar-refractivity contribution in [1.82, 2.24) is 15.1 Å². The largest absolute Gasteiger partial charge is 0.305 e. The molecule has 0 aliphatic heterocycles. The molecule has 0 amide bonds. The van der Waals surface area contributed by atoms with Crippen LogP contribution in [0.5, 0.6) is 0 Å². The van der Waals surface area contributed by atoms with Crippen LogP contribution in [0.25, 0.3) is 0 Å². The molecular formula is C15H20BrN3S. The maximum atomic E-state index is 4.42. The molecule has 20 heavy (non-hydrogen) atoms. The summed E-state index contributed by atoms with van der Waals surface area (Å²) in [5.74, 6) is 0. The fourth-order valence-corrected chi connectivity index (χ4v) is 3.22. The number of thioether (sulfide) groups is 1. The fraction of sp³-hybridized carbons (Fsp3) is 0.400. The molecule has 0 aliphatic carbocycles. The number of rotatable bonds is 6. The summed E-state index contributed by atoms with van der Waals surface area (Å²) >= 11 is 5.39. The molecule has 108 valence electrons. The second kappa shape index (κ2) is 7.29. The standard InChI is InChI=1S/C15H20BrN3S/c1-4-17-14(11-6-8-12(20-3)9-7-11)15-13(16)10-18-19(15)5-2/h6-10,14,17H,4-5H2,1-3H3. The van der Waals surface area contributed by atoms with Crippen LogP contribution in [0.15, 0.2) is 39.8 Å². The predicted molar refractivity (Wildman–Crippen MR) is 89.3 cm³/mol. The van der Waals surface area contributed by atoms with Crippen LogP contribution in [-0.4, -0.2) is 22.6 Å². The Morgan fingerprint density at radius 3 is 2.55 bits per heavy atom. The van der Waals surface area contributed by atoms with Gasteiger partial charge in [0.1, 0.15) is 0 Å². The Balaban J connectivity index is 2.41. The summed E-state index contributed by atoms with van der Waals surface area (Å²) in [6, 6.07) is 8.89. The molecule has 2 rings (SSSR count). The van der Waals surface area contributed by atoms with Crippen molar-refractivity contribution < 1.29 is 0 Å². The molecule has 0 saturated carbocycles. The summed E-state index contributed by atoms with van der Waals surface area (Å²) in [6.07, 6.45) is 3.97. The maximum Gasteiger partial charge on any atom is 0.0759 e. The van der Waals surface area contributed by atoms with Crippen molar-refractivity contribution >= 4 is 27.7 Å². The molecule has 1 aromatic carbocycles. The molecule has 0 spiro atoms. The van der Waals surface area contributed by atoms with E-state index in [9.17, 15) is 0 Å². The third-order valence-corrected chi connectivity index (χ3v) is 4.62. The van der Waals surface area contributed by atoms with Crippen molar-refractivity contribution in [1.29, 1.82) is 0 Å². The lowest BCUT2D eigenvalue weighted by Gasteiger charge is -2.20. The molecule has 0 fully saturated rings. The number of aromatic nitrogens is 2. The molecule has 3 nitrogen and oxygen atoms in total. The lowest BCUT2D eigenvalue weighted by Crippen LogP contribution is -2.25. The van der Waals surface area contributed by atoms with Gasteiger partial charge in [-0.05, 0) is 53.4 Å². The van der Waals surface area contributed by atoms with Crippen molar-refractivity contribution in [3.05, 3.63) is 46.2 Å². The maximum absolute atomic E-state index is 4.42. The van der Waals surface area contributed by atoms with E-state index in [-0.39, 0.29) is 6.04 Å². The number of benzene rings is 1. The molecule has 0 aliphatic rings. The normalized spacial score (nSPS) is 12.6. The summed E-state index contributed by atoms with van der Waals surface area (Å²) < 4.78 is 3.10. The van der Waals surface area contributed by atoms with Gasteiger partial charge in [-0.15, -0.1) is 11.8 Å². The van der Waals surface area contributed by atoms with E-state index >= 15 is 0 Å². The molecule has 5 heteroatoms. The minimum absolute atomic E-state index is 0.160. The molecule has 1 heterocycles. The molecule has 1 N–H and O–H groups in total. The highest BCUT2D eigenvalue weighted by molar-refractivity contribution is 9.10. The summed E-state index contributed by atoms with van der Waals surface area (Å²) in [5.41, 5.74) is 2.45. The second-order valence-corrected chi connectivity index (χ2v) is 6.19. The van der Waals surface area contributed by atoms with E-state index in [4.69, 9.17) is 0 Å². The first kappa shape index (κ1) is 15.6. The van der Waals surface area contributed by atoms with Crippen molar-refractivity contribution in [3.8, 4) is 0 Å². The Bertz CT molecular complexity index is 551. The minimum atomic E-state index is 0.160. The molecule has 1 unspecified atom stereocenters. The molecule has 1 atom stereocenters. The monoisotopic (exact) mass is 353 g/mol. The van der Waals surface area contributed by atoms with Gasteiger partial charge in [-0.25, -0.2) is 0 Å². The van der Waals surface area contributed by atoms with Gasteiger partial charge in [-0.2, -0.15) is 5.10 Å². The summed E-state index contributed by atoms with van der Waals surface area (Å²) in [7, 11) is 0. The average molecular weight is 354 g/mol. The highest BCUT2D eigenvalue weighted by Gasteiger charge is 2.20. The topological polar surface area (TPSA) is 29.9 Å². The van der Waals surface area contributed by atoms with E-state index in [1.807, 2.05) is 10.9 Å². The highest BCUT2D eigenvalue weighted by atomic mass is 79.9. The van der Waals surface area contributed by atoms with Crippen LogP contribution in [0, 0.1) is 0 Å². The van der Waals surface area contributed by atoms with Crippen LogP contribution in [0.2, 0.25) is 0 Å². The van der Waals surface area contributed by atoms with Crippen molar-refractivity contribution in [2.24, 2.45) is 0 Å². The molecule has 2 aromatic rings. The van der Waals surface area contributed by atoms with E-state index in [0.717, 1.165) is 17.6 Å². The van der Waals surface area contributed by atoms with Crippen LogP contribution in [0.4, 0.5) is 0 Å². The molecule has 0 radical (unpaired) electrons. The van der Waals surface area contributed by atoms with Crippen LogP contribution < -0.4 is 5.32 Å². The van der Waals surface area contributed by atoms with E-state index < -0.39 is 0 Å². The Morgan fingerprint density at radius 2 is 2.00 bits per heavy atom. The highest BCUT2D eigenvalue weighted by Crippen LogP contribution is 2.29. The van der Waals surface area contributed by atoms with Gasteiger partial charge >= 0.3 is 0 Å². The molecular weight excluding hydrogens is 334 g/mol. The zero-order valence-electron chi connectivity index (χ0n) is 12.1. The van der Waals surface area contributed by atoms with Gasteiger partial charge in [0.15, 0.2) is 0 Å². The second-order valence-electron chi connectivity index (χ2n) is 4.46. The molecule has 0 saturated heterocycles. The molecule has 1 aromatic heterocycles. The van der Waals surface area contributed by atoms with E-state index in [1.54, 1.807) is 11.8 Å². The summed E-state index contributed by atoms with van der Waals surface area (Å²) in [6.45, 7) is 6.02. The summed E-state index contributed by atoms with van der Waals surface area (Å²) in [4.78, 5) is 1.28. The van der Waals surface area contributed by atoms with Crippen LogP contribution >= 0.6 is 27.7 Å². The van der Waals surface area contributed by atoms with Gasteiger partial charge in [-0.3, -0.25) is 4.68 Å². The number of hydrogen-bond acceptors (Lipinski definition) is 3. The van der Waals surface area contributed by atoms with Crippen LogP contribution in [-0.2, 0) is 6.54 Å². The SMILES string of the molecule is CCNC(c1ccc(SC)cc1)c1c(Br)cnn1CC. The van der Waals surface area contributed by atoms with Gasteiger partial charge in [-0.1, -0.05) is 19.1 Å². The number of nitrogens with one attached hydrogen (secondary N) is 1. The Hall–Kier alpha value is -0.780. The first-order valence-corrected chi connectivity index (χ1v) is 8.81. The van der Waals surface area contributed by atoms with Crippen molar-refractivity contribution in [2.75, 3.05) is 12.8 Å². The van der Waals surface area contributed by atoms with Crippen LogP contribution in [0.3, 0.4) is 0 Å². The van der Waals surface area contributed by atoms with Gasteiger partial charge < -0.3 is 5.32 Å². The third kappa shape index (κ3) is 3.27. The fourth-order valence-electron chi connectivity index (χ4n) is 2.28. The van der Waals surface area contributed by atoms with E-state index in [1.165, 1.54) is 16.2 Å². The van der Waals surface area contributed by atoms with Gasteiger partial charge in [0.2, 0.25) is 0 Å². The average Bonchev–Trinajstić information content (AvgIpc) is 2.86. The van der Waals surface area contributed by atoms with Gasteiger partial charge in [0, 0.05) is 11.4 Å². The zero-order chi connectivity index (χ0) is 14.5. The van der Waals surface area contributed by atoms with E-state index in [2.05, 4.69) is 70.7 Å². The quantitative estimate of drug-likeness (QED) is 0.793. The number of halogens is 1. The first-order chi connectivity index (χ1) is 9.71. The predicted octanol–water partition coefficient (Wildman–Crippen LogP) is 4.09. The minimum Gasteiger partial charge on any atom is -0.305 e.